The van der Waals surface area contributed by atoms with Crippen LogP contribution in [0.2, 0.25) is 0 Å². The second kappa shape index (κ2) is 5.31. The summed E-state index contributed by atoms with van der Waals surface area (Å²) in [7, 11) is 0. The average Bonchev–Trinajstić information content (AvgIpc) is 2.15. The van der Waals surface area contributed by atoms with Crippen LogP contribution < -0.4 is 5.32 Å². The van der Waals surface area contributed by atoms with Crippen molar-refractivity contribution >= 4 is 0 Å². The third-order valence-electron chi connectivity index (χ3n) is 3.78. The Morgan fingerprint density at radius 1 is 1.47 bits per heavy atom. The summed E-state index contributed by atoms with van der Waals surface area (Å²) in [5.74, 6) is 0.734. The van der Waals surface area contributed by atoms with E-state index >= 15 is 0 Å². The van der Waals surface area contributed by atoms with Crippen LogP contribution in [0.5, 0.6) is 0 Å². The number of hydrogen-bond donors (Lipinski definition) is 2. The lowest BCUT2D eigenvalue weighted by Gasteiger charge is -2.40. The molecular weight excluding hydrogens is 186 g/mol. The van der Waals surface area contributed by atoms with E-state index in [1.54, 1.807) is 0 Å². The van der Waals surface area contributed by atoms with Gasteiger partial charge in [-0.3, -0.25) is 0 Å². The van der Waals surface area contributed by atoms with Crippen molar-refractivity contribution in [2.45, 2.75) is 65.5 Å². The minimum Gasteiger partial charge on any atom is -0.392 e. The summed E-state index contributed by atoms with van der Waals surface area (Å²) >= 11 is 0. The number of aliphatic hydroxyl groups is 1. The zero-order valence-electron chi connectivity index (χ0n) is 10.7. The second-order valence-corrected chi connectivity index (χ2v) is 5.96. The van der Waals surface area contributed by atoms with Crippen molar-refractivity contribution in [1.82, 2.24) is 5.32 Å². The van der Waals surface area contributed by atoms with Crippen molar-refractivity contribution < 1.29 is 5.11 Å². The molecule has 3 atom stereocenters. The van der Waals surface area contributed by atoms with Gasteiger partial charge in [-0.15, -0.1) is 0 Å². The molecule has 1 rings (SSSR count). The monoisotopic (exact) mass is 213 g/mol. The highest BCUT2D eigenvalue weighted by Crippen LogP contribution is 2.38. The van der Waals surface area contributed by atoms with E-state index in [0.29, 0.717) is 11.5 Å². The minimum atomic E-state index is -0.174. The van der Waals surface area contributed by atoms with Gasteiger partial charge >= 0.3 is 0 Å². The first-order chi connectivity index (χ1) is 6.94. The standard InChI is InChI=1S/C13H27NO/c1-5-11(15)9-14-12-6-7-13(3,4)8-10(12)2/h10-12,14-15H,5-9H2,1-4H3. The van der Waals surface area contributed by atoms with Gasteiger partial charge in [-0.05, 0) is 37.0 Å². The molecule has 0 aromatic rings. The van der Waals surface area contributed by atoms with Gasteiger partial charge in [0.1, 0.15) is 0 Å². The molecule has 15 heavy (non-hydrogen) atoms. The summed E-state index contributed by atoms with van der Waals surface area (Å²) in [6, 6.07) is 0.610. The van der Waals surface area contributed by atoms with Crippen molar-refractivity contribution in [2.75, 3.05) is 6.54 Å². The molecule has 2 N–H and O–H groups in total. The van der Waals surface area contributed by atoms with Crippen LogP contribution in [0.1, 0.15) is 53.4 Å². The smallest absolute Gasteiger partial charge is 0.0662 e. The highest BCUT2D eigenvalue weighted by atomic mass is 16.3. The van der Waals surface area contributed by atoms with Gasteiger partial charge in [0.05, 0.1) is 6.10 Å². The highest BCUT2D eigenvalue weighted by Gasteiger charge is 2.31. The fourth-order valence-corrected chi connectivity index (χ4v) is 2.68. The third-order valence-corrected chi connectivity index (χ3v) is 3.78. The zero-order chi connectivity index (χ0) is 11.5. The molecule has 0 bridgehead atoms. The van der Waals surface area contributed by atoms with E-state index < -0.39 is 0 Å². The number of rotatable bonds is 4. The molecule has 0 aromatic carbocycles. The summed E-state index contributed by atoms with van der Waals surface area (Å²) < 4.78 is 0. The first kappa shape index (κ1) is 13.0. The largest absolute Gasteiger partial charge is 0.392 e. The molecule has 2 nitrogen and oxygen atoms in total. The molecule has 0 radical (unpaired) electrons. The molecule has 1 saturated carbocycles. The predicted octanol–water partition coefficient (Wildman–Crippen LogP) is 2.56. The van der Waals surface area contributed by atoms with Gasteiger partial charge in [0.15, 0.2) is 0 Å². The van der Waals surface area contributed by atoms with Crippen LogP contribution in [-0.4, -0.2) is 23.8 Å². The van der Waals surface area contributed by atoms with Crippen LogP contribution in [0.25, 0.3) is 0 Å². The molecule has 0 spiro atoms. The molecular formula is C13H27NO. The summed E-state index contributed by atoms with van der Waals surface area (Å²) in [5.41, 5.74) is 0.515. The Labute approximate surface area is 94.5 Å². The molecule has 0 aromatic heterocycles. The molecule has 0 heterocycles. The van der Waals surface area contributed by atoms with Crippen LogP contribution >= 0.6 is 0 Å². The topological polar surface area (TPSA) is 32.3 Å². The quantitative estimate of drug-likeness (QED) is 0.752. The highest BCUT2D eigenvalue weighted by molar-refractivity contribution is 4.87. The van der Waals surface area contributed by atoms with Gasteiger partial charge in [-0.1, -0.05) is 27.7 Å². The number of hydrogen-bond acceptors (Lipinski definition) is 2. The molecule has 90 valence electrons. The first-order valence-corrected chi connectivity index (χ1v) is 6.36. The predicted molar refractivity (Wildman–Crippen MR) is 64.9 cm³/mol. The molecule has 3 unspecified atom stereocenters. The second-order valence-electron chi connectivity index (χ2n) is 5.96. The van der Waals surface area contributed by atoms with Crippen LogP contribution in [0.3, 0.4) is 0 Å². The lowest BCUT2D eigenvalue weighted by Crippen LogP contribution is -2.44. The lowest BCUT2D eigenvalue weighted by molar-refractivity contribution is 0.121. The molecule has 1 aliphatic carbocycles. The fraction of sp³-hybridized carbons (Fsp3) is 1.00. The molecule has 0 amide bonds. The minimum absolute atomic E-state index is 0.174. The molecule has 1 aliphatic rings. The summed E-state index contributed by atoms with van der Waals surface area (Å²) in [4.78, 5) is 0. The molecule has 0 saturated heterocycles. The first-order valence-electron chi connectivity index (χ1n) is 6.36. The zero-order valence-corrected chi connectivity index (χ0v) is 10.7. The number of aliphatic hydroxyl groups excluding tert-OH is 1. The van der Waals surface area contributed by atoms with Crippen LogP contribution in [0.4, 0.5) is 0 Å². The Morgan fingerprint density at radius 2 is 2.13 bits per heavy atom. The SMILES string of the molecule is CCC(O)CNC1CCC(C)(C)CC1C. The normalized spacial score (nSPS) is 32.6. The van der Waals surface area contributed by atoms with Gasteiger partial charge in [0.2, 0.25) is 0 Å². The third kappa shape index (κ3) is 4.12. The molecule has 1 fully saturated rings. The van der Waals surface area contributed by atoms with E-state index in [2.05, 4.69) is 26.1 Å². The lowest BCUT2D eigenvalue weighted by atomic mass is 9.70. The van der Waals surface area contributed by atoms with E-state index in [4.69, 9.17) is 0 Å². The van der Waals surface area contributed by atoms with Crippen molar-refractivity contribution in [1.29, 1.82) is 0 Å². The summed E-state index contributed by atoms with van der Waals surface area (Å²) in [5, 5.41) is 13.0. The Kier molecular flexibility index (Phi) is 4.60. The Morgan fingerprint density at radius 3 is 2.67 bits per heavy atom. The Balaban J connectivity index is 2.32. The van der Waals surface area contributed by atoms with E-state index in [1.807, 2.05) is 6.92 Å². The van der Waals surface area contributed by atoms with Crippen molar-refractivity contribution in [3.63, 3.8) is 0 Å². The molecule has 0 aliphatic heterocycles. The van der Waals surface area contributed by atoms with Gasteiger partial charge < -0.3 is 10.4 Å². The van der Waals surface area contributed by atoms with Gasteiger partial charge in [0, 0.05) is 12.6 Å². The number of nitrogens with one attached hydrogen (secondary N) is 1. The van der Waals surface area contributed by atoms with Gasteiger partial charge in [-0.2, -0.15) is 0 Å². The average molecular weight is 213 g/mol. The van der Waals surface area contributed by atoms with Crippen molar-refractivity contribution in [3.8, 4) is 0 Å². The van der Waals surface area contributed by atoms with E-state index in [0.717, 1.165) is 18.9 Å². The van der Waals surface area contributed by atoms with E-state index in [9.17, 15) is 5.11 Å². The van der Waals surface area contributed by atoms with Gasteiger partial charge in [0.25, 0.3) is 0 Å². The van der Waals surface area contributed by atoms with Crippen LogP contribution in [-0.2, 0) is 0 Å². The van der Waals surface area contributed by atoms with Gasteiger partial charge in [-0.25, -0.2) is 0 Å². The van der Waals surface area contributed by atoms with Crippen LogP contribution in [0.15, 0.2) is 0 Å². The Hall–Kier alpha value is -0.0800. The van der Waals surface area contributed by atoms with E-state index in [1.165, 1.54) is 19.3 Å². The Bertz CT molecular complexity index is 191. The van der Waals surface area contributed by atoms with Crippen molar-refractivity contribution in [3.05, 3.63) is 0 Å². The summed E-state index contributed by atoms with van der Waals surface area (Å²) in [6.45, 7) is 9.84. The van der Waals surface area contributed by atoms with Crippen molar-refractivity contribution in [2.24, 2.45) is 11.3 Å². The summed E-state index contributed by atoms with van der Waals surface area (Å²) in [6.07, 6.45) is 4.53. The molecule has 2 heteroatoms. The fourth-order valence-electron chi connectivity index (χ4n) is 2.68. The maximum absolute atomic E-state index is 9.52. The maximum Gasteiger partial charge on any atom is 0.0662 e. The van der Waals surface area contributed by atoms with E-state index in [-0.39, 0.29) is 6.10 Å². The van der Waals surface area contributed by atoms with Crippen LogP contribution in [0, 0.1) is 11.3 Å². The maximum atomic E-state index is 9.52.